The van der Waals surface area contributed by atoms with Gasteiger partial charge in [-0.15, -0.1) is 11.3 Å². The third-order valence-electron chi connectivity index (χ3n) is 4.03. The molecule has 0 bridgehead atoms. The average molecular weight is 402 g/mol. The van der Waals surface area contributed by atoms with E-state index in [9.17, 15) is 0 Å². The van der Waals surface area contributed by atoms with Crippen molar-refractivity contribution < 1.29 is 0 Å². The SMILES string of the molecule is CCn1nc(C)cc1-c1csc(-c2cc(Br)cc3c2cnn3C)n1. The Kier molecular flexibility index (Phi) is 3.77. The molecule has 4 rings (SSSR count). The molecular formula is C17H16BrN5S. The van der Waals surface area contributed by atoms with E-state index in [1.54, 1.807) is 11.3 Å². The predicted molar refractivity (Wildman–Crippen MR) is 101 cm³/mol. The van der Waals surface area contributed by atoms with Crippen LogP contribution in [0.15, 0.2) is 34.2 Å². The second-order valence-corrected chi connectivity index (χ2v) is 7.45. The second kappa shape index (κ2) is 5.82. The summed E-state index contributed by atoms with van der Waals surface area (Å²) in [6, 6.07) is 6.27. The fourth-order valence-electron chi connectivity index (χ4n) is 2.90. The van der Waals surface area contributed by atoms with Crippen LogP contribution in [-0.4, -0.2) is 24.5 Å². The third kappa shape index (κ3) is 2.48. The van der Waals surface area contributed by atoms with Gasteiger partial charge in [-0.1, -0.05) is 15.9 Å². The molecule has 0 unspecified atom stereocenters. The van der Waals surface area contributed by atoms with Crippen molar-refractivity contribution in [3.05, 3.63) is 39.9 Å². The molecule has 3 aromatic heterocycles. The first-order chi connectivity index (χ1) is 11.6. The highest BCUT2D eigenvalue weighted by atomic mass is 79.9. The van der Waals surface area contributed by atoms with E-state index in [4.69, 9.17) is 4.98 Å². The Morgan fingerprint density at radius 1 is 1.25 bits per heavy atom. The standard InChI is InChI=1S/C17H16BrN5S/c1-4-23-16(5-10(2)21-23)14-9-24-17(20-14)12-6-11(18)7-15-13(12)8-19-22(15)3/h5-9H,4H2,1-3H3. The lowest BCUT2D eigenvalue weighted by atomic mass is 10.1. The monoisotopic (exact) mass is 401 g/mol. The van der Waals surface area contributed by atoms with E-state index in [0.717, 1.165) is 49.6 Å². The zero-order chi connectivity index (χ0) is 16.8. The Hall–Kier alpha value is -1.99. The zero-order valence-corrected chi connectivity index (χ0v) is 16.0. The van der Waals surface area contributed by atoms with Crippen molar-refractivity contribution in [3.8, 4) is 22.0 Å². The number of aromatic nitrogens is 5. The van der Waals surface area contributed by atoms with Crippen molar-refractivity contribution in [1.82, 2.24) is 24.5 Å². The van der Waals surface area contributed by atoms with Gasteiger partial charge in [0.1, 0.15) is 5.01 Å². The Morgan fingerprint density at radius 2 is 2.08 bits per heavy atom. The van der Waals surface area contributed by atoms with Gasteiger partial charge in [0.2, 0.25) is 0 Å². The molecule has 7 heteroatoms. The van der Waals surface area contributed by atoms with Crippen molar-refractivity contribution in [3.63, 3.8) is 0 Å². The molecule has 0 saturated carbocycles. The van der Waals surface area contributed by atoms with E-state index in [1.165, 1.54) is 0 Å². The molecule has 4 aromatic rings. The lowest BCUT2D eigenvalue weighted by Crippen LogP contribution is -1.99. The summed E-state index contributed by atoms with van der Waals surface area (Å²) in [6.07, 6.45) is 1.90. The van der Waals surface area contributed by atoms with Crippen LogP contribution in [0.4, 0.5) is 0 Å². The zero-order valence-electron chi connectivity index (χ0n) is 13.6. The van der Waals surface area contributed by atoms with E-state index in [0.29, 0.717) is 0 Å². The number of hydrogen-bond donors (Lipinski definition) is 0. The highest BCUT2D eigenvalue weighted by Crippen LogP contribution is 2.35. The van der Waals surface area contributed by atoms with Crippen LogP contribution in [0.5, 0.6) is 0 Å². The van der Waals surface area contributed by atoms with Gasteiger partial charge in [-0.05, 0) is 32.0 Å². The van der Waals surface area contributed by atoms with Gasteiger partial charge in [-0.25, -0.2) is 4.98 Å². The number of thiazole rings is 1. The Labute approximate surface area is 152 Å². The number of fused-ring (bicyclic) bond motifs is 1. The van der Waals surface area contributed by atoms with Gasteiger partial charge in [0, 0.05) is 34.4 Å². The van der Waals surface area contributed by atoms with Crippen LogP contribution in [0, 0.1) is 6.92 Å². The minimum Gasteiger partial charge on any atom is -0.268 e. The van der Waals surface area contributed by atoms with E-state index < -0.39 is 0 Å². The Morgan fingerprint density at radius 3 is 2.88 bits per heavy atom. The third-order valence-corrected chi connectivity index (χ3v) is 5.36. The minimum absolute atomic E-state index is 0.833. The first-order valence-corrected chi connectivity index (χ1v) is 9.36. The first kappa shape index (κ1) is 15.5. The van der Waals surface area contributed by atoms with Gasteiger partial charge in [0.15, 0.2) is 0 Å². The molecule has 0 N–H and O–H groups in total. The van der Waals surface area contributed by atoms with Crippen molar-refractivity contribution in [1.29, 1.82) is 0 Å². The van der Waals surface area contributed by atoms with E-state index in [2.05, 4.69) is 56.6 Å². The van der Waals surface area contributed by atoms with E-state index in [-0.39, 0.29) is 0 Å². The maximum Gasteiger partial charge on any atom is 0.124 e. The van der Waals surface area contributed by atoms with Crippen LogP contribution >= 0.6 is 27.3 Å². The summed E-state index contributed by atoms with van der Waals surface area (Å²) in [6.45, 7) is 4.94. The van der Waals surface area contributed by atoms with Crippen molar-refractivity contribution in [2.75, 3.05) is 0 Å². The number of halogens is 1. The lowest BCUT2D eigenvalue weighted by molar-refractivity contribution is 0.659. The van der Waals surface area contributed by atoms with E-state index in [1.807, 2.05) is 29.5 Å². The van der Waals surface area contributed by atoms with Crippen LogP contribution in [-0.2, 0) is 13.6 Å². The minimum atomic E-state index is 0.833. The fraction of sp³-hybridized carbons (Fsp3) is 0.235. The maximum absolute atomic E-state index is 4.87. The molecule has 0 radical (unpaired) electrons. The number of aryl methyl sites for hydroxylation is 3. The average Bonchev–Trinajstić information content (AvgIpc) is 3.26. The van der Waals surface area contributed by atoms with Crippen LogP contribution in [0.1, 0.15) is 12.6 Å². The topological polar surface area (TPSA) is 48.5 Å². The van der Waals surface area contributed by atoms with E-state index >= 15 is 0 Å². The molecule has 5 nitrogen and oxygen atoms in total. The van der Waals surface area contributed by atoms with Crippen molar-refractivity contribution >= 4 is 38.2 Å². The van der Waals surface area contributed by atoms with Gasteiger partial charge in [-0.2, -0.15) is 10.2 Å². The quantitative estimate of drug-likeness (QED) is 0.501. The van der Waals surface area contributed by atoms with Crippen molar-refractivity contribution in [2.45, 2.75) is 20.4 Å². The van der Waals surface area contributed by atoms with Crippen LogP contribution in [0.2, 0.25) is 0 Å². The molecule has 0 aliphatic carbocycles. The predicted octanol–water partition coefficient (Wildman–Crippen LogP) is 4.65. The summed E-state index contributed by atoms with van der Waals surface area (Å²) in [5.41, 5.74) is 5.23. The molecule has 0 spiro atoms. The Bertz CT molecular complexity index is 1040. The molecule has 0 amide bonds. The normalized spacial score (nSPS) is 11.5. The second-order valence-electron chi connectivity index (χ2n) is 5.68. The number of hydrogen-bond acceptors (Lipinski definition) is 4. The van der Waals surface area contributed by atoms with Gasteiger partial charge in [0.25, 0.3) is 0 Å². The molecule has 3 heterocycles. The molecule has 0 aliphatic heterocycles. The highest BCUT2D eigenvalue weighted by molar-refractivity contribution is 9.10. The summed E-state index contributed by atoms with van der Waals surface area (Å²) < 4.78 is 4.90. The molecule has 0 saturated heterocycles. The summed E-state index contributed by atoms with van der Waals surface area (Å²) in [4.78, 5) is 4.87. The molecule has 0 atom stereocenters. The largest absolute Gasteiger partial charge is 0.268 e. The molecule has 1 aromatic carbocycles. The molecule has 0 aliphatic rings. The summed E-state index contributed by atoms with van der Waals surface area (Å²) in [5.74, 6) is 0. The van der Waals surface area contributed by atoms with Crippen LogP contribution < -0.4 is 0 Å². The van der Waals surface area contributed by atoms with Gasteiger partial charge in [-0.3, -0.25) is 9.36 Å². The van der Waals surface area contributed by atoms with Gasteiger partial charge < -0.3 is 0 Å². The van der Waals surface area contributed by atoms with Crippen LogP contribution in [0.3, 0.4) is 0 Å². The Balaban J connectivity index is 1.86. The summed E-state index contributed by atoms with van der Waals surface area (Å²) in [7, 11) is 1.95. The number of rotatable bonds is 3. The lowest BCUT2D eigenvalue weighted by Gasteiger charge is -2.03. The number of nitrogens with zero attached hydrogens (tertiary/aromatic N) is 5. The summed E-state index contributed by atoms with van der Waals surface area (Å²) in [5, 5.41) is 13.1. The number of benzene rings is 1. The smallest absolute Gasteiger partial charge is 0.124 e. The molecule has 122 valence electrons. The van der Waals surface area contributed by atoms with Crippen molar-refractivity contribution in [2.24, 2.45) is 7.05 Å². The molecular weight excluding hydrogens is 386 g/mol. The molecule has 24 heavy (non-hydrogen) atoms. The van der Waals surface area contributed by atoms with Gasteiger partial charge in [0.05, 0.1) is 28.8 Å². The first-order valence-electron chi connectivity index (χ1n) is 7.68. The maximum atomic E-state index is 4.87. The highest BCUT2D eigenvalue weighted by Gasteiger charge is 2.15. The van der Waals surface area contributed by atoms with Gasteiger partial charge >= 0.3 is 0 Å². The van der Waals surface area contributed by atoms with Crippen LogP contribution in [0.25, 0.3) is 32.9 Å². The molecule has 0 fully saturated rings. The summed E-state index contributed by atoms with van der Waals surface area (Å²) >= 11 is 5.25. The fourth-order valence-corrected chi connectivity index (χ4v) is 4.19.